The molecule has 3 nitrogen and oxygen atoms in total. The molecule has 0 atom stereocenters. The molecule has 12 heavy (non-hydrogen) atoms. The topological polar surface area (TPSA) is 39.2 Å². The van der Waals surface area contributed by atoms with Crippen molar-refractivity contribution in [3.8, 4) is 0 Å². The average Bonchev–Trinajstić information content (AvgIpc) is 2.90. The minimum absolute atomic E-state index is 0.172. The summed E-state index contributed by atoms with van der Waals surface area (Å²) in [6.07, 6.45) is 5.37. The van der Waals surface area contributed by atoms with E-state index in [0.717, 1.165) is 12.8 Å². The molecular formula is C9H9NO2. The molecule has 2 rings (SSSR count). The van der Waals surface area contributed by atoms with Gasteiger partial charge in [-0.25, -0.2) is 4.79 Å². The first-order valence-electron chi connectivity index (χ1n) is 3.97. The van der Waals surface area contributed by atoms with E-state index in [9.17, 15) is 4.79 Å². The summed E-state index contributed by atoms with van der Waals surface area (Å²) in [5.41, 5.74) is 0.580. The minimum atomic E-state index is -0.236. The molecule has 0 radical (unpaired) electrons. The second-order valence-electron chi connectivity index (χ2n) is 2.84. The molecule has 1 aromatic rings. The van der Waals surface area contributed by atoms with Crippen molar-refractivity contribution in [2.24, 2.45) is 0 Å². The molecule has 1 fully saturated rings. The molecule has 1 heterocycles. The summed E-state index contributed by atoms with van der Waals surface area (Å²) in [5.74, 6) is -0.236. The Morgan fingerprint density at radius 1 is 1.42 bits per heavy atom. The Balaban J connectivity index is 2.03. The third-order valence-corrected chi connectivity index (χ3v) is 1.71. The molecule has 1 aliphatic rings. The van der Waals surface area contributed by atoms with Crippen LogP contribution >= 0.6 is 0 Å². The predicted molar refractivity (Wildman–Crippen MR) is 42.7 cm³/mol. The lowest BCUT2D eigenvalue weighted by Crippen LogP contribution is -2.06. The van der Waals surface area contributed by atoms with Gasteiger partial charge < -0.3 is 4.74 Å². The van der Waals surface area contributed by atoms with Crippen LogP contribution in [0.5, 0.6) is 0 Å². The van der Waals surface area contributed by atoms with E-state index < -0.39 is 0 Å². The van der Waals surface area contributed by atoms with Gasteiger partial charge in [0.25, 0.3) is 0 Å². The van der Waals surface area contributed by atoms with Crippen LogP contribution in [-0.4, -0.2) is 17.1 Å². The maximum Gasteiger partial charge on any atom is 0.338 e. The molecule has 1 aliphatic carbocycles. The van der Waals surface area contributed by atoms with Crippen LogP contribution in [-0.2, 0) is 4.74 Å². The zero-order chi connectivity index (χ0) is 8.39. The second kappa shape index (κ2) is 2.93. The van der Waals surface area contributed by atoms with Crippen LogP contribution < -0.4 is 0 Å². The number of aromatic nitrogens is 1. The van der Waals surface area contributed by atoms with Gasteiger partial charge in [0.15, 0.2) is 0 Å². The Bertz CT molecular complexity index is 280. The molecule has 0 aromatic carbocycles. The number of esters is 1. The minimum Gasteiger partial charge on any atom is -0.459 e. The molecular weight excluding hydrogens is 154 g/mol. The van der Waals surface area contributed by atoms with E-state index in [1.165, 1.54) is 0 Å². The summed E-state index contributed by atoms with van der Waals surface area (Å²) in [5, 5.41) is 0. The van der Waals surface area contributed by atoms with Gasteiger partial charge in [-0.15, -0.1) is 0 Å². The van der Waals surface area contributed by atoms with Crippen molar-refractivity contribution in [1.29, 1.82) is 0 Å². The summed E-state index contributed by atoms with van der Waals surface area (Å²) >= 11 is 0. The molecule has 0 saturated heterocycles. The van der Waals surface area contributed by atoms with Crippen LogP contribution in [0.1, 0.15) is 23.2 Å². The fourth-order valence-electron chi connectivity index (χ4n) is 0.893. The number of hydrogen-bond donors (Lipinski definition) is 0. The van der Waals surface area contributed by atoms with Crippen LogP contribution in [0.15, 0.2) is 24.5 Å². The van der Waals surface area contributed by atoms with E-state index in [0.29, 0.717) is 5.56 Å². The SMILES string of the molecule is O=C(OC1CC1)c1ccncc1. The van der Waals surface area contributed by atoms with Gasteiger partial charge in [-0.05, 0) is 25.0 Å². The number of pyridine rings is 1. The Kier molecular flexibility index (Phi) is 1.78. The summed E-state index contributed by atoms with van der Waals surface area (Å²) in [4.78, 5) is 15.1. The van der Waals surface area contributed by atoms with Crippen LogP contribution in [0.25, 0.3) is 0 Å². The van der Waals surface area contributed by atoms with E-state index >= 15 is 0 Å². The van der Waals surface area contributed by atoms with Gasteiger partial charge in [-0.1, -0.05) is 0 Å². The molecule has 0 N–H and O–H groups in total. The van der Waals surface area contributed by atoms with Crippen molar-refractivity contribution >= 4 is 5.97 Å². The molecule has 0 unspecified atom stereocenters. The average molecular weight is 163 g/mol. The van der Waals surface area contributed by atoms with E-state index in [1.54, 1.807) is 24.5 Å². The van der Waals surface area contributed by atoms with Gasteiger partial charge in [0.1, 0.15) is 6.10 Å². The van der Waals surface area contributed by atoms with Gasteiger partial charge in [0.05, 0.1) is 5.56 Å². The Morgan fingerprint density at radius 3 is 2.67 bits per heavy atom. The van der Waals surface area contributed by atoms with Gasteiger partial charge >= 0.3 is 5.97 Å². The van der Waals surface area contributed by atoms with Gasteiger partial charge in [-0.3, -0.25) is 4.98 Å². The lowest BCUT2D eigenvalue weighted by molar-refractivity contribution is 0.0472. The third kappa shape index (κ3) is 1.61. The summed E-state index contributed by atoms with van der Waals surface area (Å²) < 4.78 is 5.08. The van der Waals surface area contributed by atoms with Crippen molar-refractivity contribution in [3.05, 3.63) is 30.1 Å². The van der Waals surface area contributed by atoms with Gasteiger partial charge in [-0.2, -0.15) is 0 Å². The number of ether oxygens (including phenoxy) is 1. The van der Waals surface area contributed by atoms with Gasteiger partial charge in [0.2, 0.25) is 0 Å². The second-order valence-corrected chi connectivity index (χ2v) is 2.84. The van der Waals surface area contributed by atoms with Crippen molar-refractivity contribution in [1.82, 2.24) is 4.98 Å². The summed E-state index contributed by atoms with van der Waals surface area (Å²) in [7, 11) is 0. The van der Waals surface area contributed by atoms with Crippen molar-refractivity contribution in [2.75, 3.05) is 0 Å². The molecule has 3 heteroatoms. The van der Waals surface area contributed by atoms with Gasteiger partial charge in [0, 0.05) is 12.4 Å². The fourth-order valence-corrected chi connectivity index (χ4v) is 0.893. The number of hydrogen-bond acceptors (Lipinski definition) is 3. The maximum absolute atomic E-state index is 11.2. The molecule has 0 spiro atoms. The predicted octanol–water partition coefficient (Wildman–Crippen LogP) is 1.40. The number of nitrogens with zero attached hydrogens (tertiary/aromatic N) is 1. The van der Waals surface area contributed by atoms with E-state index in [4.69, 9.17) is 4.74 Å². The molecule has 0 bridgehead atoms. The third-order valence-electron chi connectivity index (χ3n) is 1.71. The van der Waals surface area contributed by atoms with Crippen LogP contribution in [0.4, 0.5) is 0 Å². The van der Waals surface area contributed by atoms with Crippen molar-refractivity contribution in [3.63, 3.8) is 0 Å². The highest BCUT2D eigenvalue weighted by atomic mass is 16.5. The normalized spacial score (nSPS) is 15.7. The van der Waals surface area contributed by atoms with Crippen LogP contribution in [0.3, 0.4) is 0 Å². The highest BCUT2D eigenvalue weighted by Gasteiger charge is 2.26. The van der Waals surface area contributed by atoms with Crippen molar-refractivity contribution < 1.29 is 9.53 Å². The summed E-state index contributed by atoms with van der Waals surface area (Å²) in [6.45, 7) is 0. The monoisotopic (exact) mass is 163 g/mol. The largest absolute Gasteiger partial charge is 0.459 e. The molecule has 0 aliphatic heterocycles. The smallest absolute Gasteiger partial charge is 0.338 e. The molecule has 1 aromatic heterocycles. The van der Waals surface area contributed by atoms with Crippen LogP contribution in [0, 0.1) is 0 Å². The fraction of sp³-hybridized carbons (Fsp3) is 0.333. The number of rotatable bonds is 2. The zero-order valence-electron chi connectivity index (χ0n) is 6.56. The quantitative estimate of drug-likeness (QED) is 0.618. The highest BCUT2D eigenvalue weighted by Crippen LogP contribution is 2.24. The molecule has 62 valence electrons. The highest BCUT2D eigenvalue weighted by molar-refractivity contribution is 5.89. The molecule has 1 saturated carbocycles. The lowest BCUT2D eigenvalue weighted by atomic mass is 10.3. The lowest BCUT2D eigenvalue weighted by Gasteiger charge is -2.00. The summed E-state index contributed by atoms with van der Waals surface area (Å²) in [6, 6.07) is 3.31. The molecule has 0 amide bonds. The Morgan fingerprint density at radius 2 is 2.08 bits per heavy atom. The number of carbonyl (C=O) groups is 1. The first-order valence-corrected chi connectivity index (χ1v) is 3.97. The zero-order valence-corrected chi connectivity index (χ0v) is 6.56. The standard InChI is InChI=1S/C9H9NO2/c11-9(12-8-1-2-8)7-3-5-10-6-4-7/h3-6,8H,1-2H2. The Labute approximate surface area is 70.4 Å². The first-order chi connectivity index (χ1) is 5.86. The van der Waals surface area contributed by atoms with Crippen LogP contribution in [0.2, 0.25) is 0 Å². The van der Waals surface area contributed by atoms with Crippen molar-refractivity contribution in [2.45, 2.75) is 18.9 Å². The maximum atomic E-state index is 11.2. The number of carbonyl (C=O) groups excluding carboxylic acids is 1. The van der Waals surface area contributed by atoms with E-state index in [-0.39, 0.29) is 12.1 Å². The first kappa shape index (κ1) is 7.28. The Hall–Kier alpha value is -1.38. The van der Waals surface area contributed by atoms with E-state index in [2.05, 4.69) is 4.98 Å². The van der Waals surface area contributed by atoms with E-state index in [1.807, 2.05) is 0 Å².